The average molecular weight is 255 g/mol. The lowest BCUT2D eigenvalue weighted by molar-refractivity contribution is 0.00300. The molecule has 1 unspecified atom stereocenters. The van der Waals surface area contributed by atoms with Gasteiger partial charge in [0, 0.05) is 12.1 Å². The Morgan fingerprint density at radius 1 is 0.778 bits per heavy atom. The zero-order valence-corrected chi connectivity index (χ0v) is 14.5. The molecule has 0 aromatic carbocycles. The Morgan fingerprint density at radius 2 is 1.28 bits per heavy atom. The van der Waals surface area contributed by atoms with Crippen LogP contribution in [0.4, 0.5) is 0 Å². The molecule has 0 saturated heterocycles. The van der Waals surface area contributed by atoms with Gasteiger partial charge < -0.3 is 0 Å². The normalized spacial score (nSPS) is 17.0. The fourth-order valence-corrected chi connectivity index (χ4v) is 2.39. The summed E-state index contributed by atoms with van der Waals surface area (Å²) in [5, 5.41) is 0. The molecule has 0 heterocycles. The molecule has 0 aliphatic carbocycles. The lowest BCUT2D eigenvalue weighted by Gasteiger charge is -2.49. The van der Waals surface area contributed by atoms with Gasteiger partial charge in [-0.3, -0.25) is 4.90 Å². The quantitative estimate of drug-likeness (QED) is 0.593. The molecule has 0 aliphatic heterocycles. The Labute approximate surface area is 116 Å². The molecule has 0 spiro atoms. The summed E-state index contributed by atoms with van der Waals surface area (Å²) in [6.07, 6.45) is 3.71. The number of hydrogen-bond donors (Lipinski definition) is 0. The molecule has 1 atom stereocenters. The highest BCUT2D eigenvalue weighted by molar-refractivity contribution is 4.92. The third kappa shape index (κ3) is 4.26. The molecule has 18 heavy (non-hydrogen) atoms. The fraction of sp³-hybridized carbons (Fsp3) is 1.00. The van der Waals surface area contributed by atoms with E-state index in [0.29, 0.717) is 16.4 Å². The van der Waals surface area contributed by atoms with Crippen molar-refractivity contribution in [2.24, 2.45) is 10.8 Å². The maximum absolute atomic E-state index is 2.71. The molecule has 0 bridgehead atoms. The summed E-state index contributed by atoms with van der Waals surface area (Å²) in [5.41, 5.74) is 1.06. The predicted octanol–water partition coefficient (Wildman–Crippen LogP) is 5.35. The summed E-state index contributed by atoms with van der Waals surface area (Å²) >= 11 is 0. The van der Waals surface area contributed by atoms with Gasteiger partial charge in [0.15, 0.2) is 0 Å². The summed E-state index contributed by atoms with van der Waals surface area (Å²) in [6, 6.07) is 0. The second-order valence-corrected chi connectivity index (χ2v) is 7.75. The number of nitrogens with zero attached hydrogens (tertiary/aromatic N) is 1. The lowest BCUT2D eigenvalue weighted by Crippen LogP contribution is -2.51. The Morgan fingerprint density at radius 3 is 1.56 bits per heavy atom. The lowest BCUT2D eigenvalue weighted by atomic mass is 9.65. The smallest absolute Gasteiger partial charge is 0.0150 e. The predicted molar refractivity (Wildman–Crippen MR) is 84.1 cm³/mol. The van der Waals surface area contributed by atoms with Crippen LogP contribution in [0.25, 0.3) is 0 Å². The minimum absolute atomic E-state index is 0.317. The van der Waals surface area contributed by atoms with Crippen LogP contribution < -0.4 is 0 Å². The number of hydrogen-bond acceptors (Lipinski definition) is 1. The van der Waals surface area contributed by atoms with Crippen molar-refractivity contribution in [3.63, 3.8) is 0 Å². The van der Waals surface area contributed by atoms with Gasteiger partial charge in [-0.1, -0.05) is 48.5 Å². The molecule has 0 aromatic rings. The summed E-state index contributed by atoms with van der Waals surface area (Å²) < 4.78 is 0. The van der Waals surface area contributed by atoms with Crippen LogP contribution in [-0.4, -0.2) is 23.5 Å². The molecule has 1 nitrogen and oxygen atoms in total. The molecule has 0 radical (unpaired) electrons. The Balaban J connectivity index is 5.08. The summed E-state index contributed by atoms with van der Waals surface area (Å²) in [6.45, 7) is 23.8. The van der Waals surface area contributed by atoms with E-state index in [1.54, 1.807) is 0 Å². The van der Waals surface area contributed by atoms with Gasteiger partial charge in [-0.25, -0.2) is 0 Å². The third-order valence-corrected chi connectivity index (χ3v) is 5.35. The van der Waals surface area contributed by atoms with E-state index in [-0.39, 0.29) is 0 Å². The van der Waals surface area contributed by atoms with Gasteiger partial charge in [0.25, 0.3) is 0 Å². The molecule has 0 aliphatic rings. The maximum atomic E-state index is 2.71. The van der Waals surface area contributed by atoms with E-state index in [0.717, 1.165) is 0 Å². The Bertz CT molecular complexity index is 236. The first-order valence-corrected chi connectivity index (χ1v) is 7.79. The van der Waals surface area contributed by atoms with E-state index in [4.69, 9.17) is 0 Å². The standard InChI is InChI=1S/C17H37N/c1-10-13-18(16(7,8)11-2)14-17(9,12-3)15(4,5)6/h10-14H2,1-9H3. The number of rotatable bonds is 7. The van der Waals surface area contributed by atoms with Crippen molar-refractivity contribution >= 4 is 0 Å². The highest BCUT2D eigenvalue weighted by Crippen LogP contribution is 2.43. The first-order valence-electron chi connectivity index (χ1n) is 7.79. The molecule has 0 N–H and O–H groups in total. The van der Waals surface area contributed by atoms with Crippen molar-refractivity contribution in [1.82, 2.24) is 4.90 Å². The van der Waals surface area contributed by atoms with E-state index in [1.807, 2.05) is 0 Å². The summed E-state index contributed by atoms with van der Waals surface area (Å²) in [5.74, 6) is 0. The summed E-state index contributed by atoms with van der Waals surface area (Å²) in [7, 11) is 0. The monoisotopic (exact) mass is 255 g/mol. The van der Waals surface area contributed by atoms with Crippen molar-refractivity contribution < 1.29 is 0 Å². The SMILES string of the molecule is CCCN(CC(C)(CC)C(C)(C)C)C(C)(C)CC. The zero-order valence-electron chi connectivity index (χ0n) is 14.5. The van der Waals surface area contributed by atoms with E-state index in [2.05, 4.69) is 67.2 Å². The van der Waals surface area contributed by atoms with Gasteiger partial charge in [0.1, 0.15) is 0 Å². The summed E-state index contributed by atoms with van der Waals surface area (Å²) in [4.78, 5) is 2.71. The maximum Gasteiger partial charge on any atom is 0.0150 e. The molecule has 0 fully saturated rings. The molecular formula is C17H37N. The van der Waals surface area contributed by atoms with Crippen LogP contribution in [0.1, 0.15) is 81.6 Å². The Kier molecular flexibility index (Phi) is 6.40. The molecule has 110 valence electrons. The van der Waals surface area contributed by atoms with Gasteiger partial charge in [-0.2, -0.15) is 0 Å². The molecule has 0 rings (SSSR count). The molecular weight excluding hydrogens is 218 g/mol. The van der Waals surface area contributed by atoms with Gasteiger partial charge >= 0.3 is 0 Å². The second kappa shape index (κ2) is 6.41. The van der Waals surface area contributed by atoms with Crippen molar-refractivity contribution in [3.05, 3.63) is 0 Å². The van der Waals surface area contributed by atoms with Crippen LogP contribution in [-0.2, 0) is 0 Å². The van der Waals surface area contributed by atoms with Crippen LogP contribution >= 0.6 is 0 Å². The van der Waals surface area contributed by atoms with E-state index < -0.39 is 0 Å². The minimum atomic E-state index is 0.317. The van der Waals surface area contributed by atoms with Crippen LogP contribution in [0, 0.1) is 10.8 Å². The van der Waals surface area contributed by atoms with Crippen molar-refractivity contribution in [2.45, 2.75) is 87.1 Å². The zero-order chi connectivity index (χ0) is 14.6. The van der Waals surface area contributed by atoms with E-state index in [9.17, 15) is 0 Å². The second-order valence-electron chi connectivity index (χ2n) is 7.75. The molecule has 1 heteroatoms. The Hall–Kier alpha value is -0.0400. The minimum Gasteiger partial charge on any atom is -0.298 e. The van der Waals surface area contributed by atoms with Crippen molar-refractivity contribution in [2.75, 3.05) is 13.1 Å². The van der Waals surface area contributed by atoms with Gasteiger partial charge in [0.05, 0.1) is 0 Å². The molecule has 0 amide bonds. The average Bonchev–Trinajstić information content (AvgIpc) is 2.26. The highest BCUT2D eigenvalue weighted by Gasteiger charge is 2.39. The topological polar surface area (TPSA) is 3.24 Å². The molecule has 0 aromatic heterocycles. The van der Waals surface area contributed by atoms with Gasteiger partial charge in [-0.05, 0) is 50.5 Å². The van der Waals surface area contributed by atoms with E-state index >= 15 is 0 Å². The van der Waals surface area contributed by atoms with Crippen molar-refractivity contribution in [3.8, 4) is 0 Å². The van der Waals surface area contributed by atoms with Crippen molar-refractivity contribution in [1.29, 1.82) is 0 Å². The highest BCUT2D eigenvalue weighted by atomic mass is 15.2. The first kappa shape index (κ1) is 18.0. The van der Waals surface area contributed by atoms with Crippen LogP contribution in [0.5, 0.6) is 0 Å². The van der Waals surface area contributed by atoms with Gasteiger partial charge in [0.2, 0.25) is 0 Å². The van der Waals surface area contributed by atoms with Crippen LogP contribution in [0.2, 0.25) is 0 Å². The first-order chi connectivity index (χ1) is 8.04. The van der Waals surface area contributed by atoms with Gasteiger partial charge in [-0.15, -0.1) is 0 Å². The van der Waals surface area contributed by atoms with Crippen LogP contribution in [0.3, 0.4) is 0 Å². The fourth-order valence-electron chi connectivity index (χ4n) is 2.39. The third-order valence-electron chi connectivity index (χ3n) is 5.35. The van der Waals surface area contributed by atoms with E-state index in [1.165, 1.54) is 32.4 Å². The largest absolute Gasteiger partial charge is 0.298 e. The van der Waals surface area contributed by atoms with Crippen LogP contribution in [0.15, 0.2) is 0 Å². The molecule has 0 saturated carbocycles.